The molecule has 0 aromatic heterocycles. The Balaban J connectivity index is 1.81. The van der Waals surface area contributed by atoms with Crippen molar-refractivity contribution in [3.05, 3.63) is 35.9 Å². The molecule has 1 unspecified atom stereocenters. The van der Waals surface area contributed by atoms with Gasteiger partial charge in [-0.3, -0.25) is 4.90 Å². The quantitative estimate of drug-likeness (QED) is 0.917. The van der Waals surface area contributed by atoms with Crippen molar-refractivity contribution in [3.63, 3.8) is 0 Å². The van der Waals surface area contributed by atoms with E-state index in [4.69, 9.17) is 0 Å². The summed E-state index contributed by atoms with van der Waals surface area (Å²) < 4.78 is 0. The average molecular weight is 305 g/mol. The normalized spacial score (nSPS) is 29.0. The highest BCUT2D eigenvalue weighted by Crippen LogP contribution is 2.40. The standard InChI is InChI=1S/C18H28N2S/c1-17(16-8-4-3-5-9-16)15-20(12-13-21-2)18(14-19-17)10-6-7-11-18/h3-5,8-9,19H,6-7,10-15H2,1-2H3. The third kappa shape index (κ3) is 3.01. The molecule has 0 bridgehead atoms. The van der Waals surface area contributed by atoms with E-state index in [9.17, 15) is 0 Å². The van der Waals surface area contributed by atoms with Crippen LogP contribution in [0.1, 0.15) is 38.2 Å². The first-order valence-electron chi connectivity index (χ1n) is 8.23. The van der Waals surface area contributed by atoms with E-state index in [2.05, 4.69) is 53.7 Å². The van der Waals surface area contributed by atoms with Gasteiger partial charge in [-0.25, -0.2) is 0 Å². The zero-order valence-electron chi connectivity index (χ0n) is 13.4. The summed E-state index contributed by atoms with van der Waals surface area (Å²) >= 11 is 1.97. The minimum absolute atomic E-state index is 0.0908. The fourth-order valence-electron chi connectivity index (χ4n) is 4.12. The van der Waals surface area contributed by atoms with Gasteiger partial charge in [-0.1, -0.05) is 43.2 Å². The minimum Gasteiger partial charge on any atom is -0.305 e. The van der Waals surface area contributed by atoms with Crippen molar-refractivity contribution < 1.29 is 0 Å². The molecule has 1 aliphatic heterocycles. The molecule has 1 aromatic carbocycles. The number of hydrogen-bond donors (Lipinski definition) is 1. The van der Waals surface area contributed by atoms with E-state index in [1.165, 1.54) is 43.5 Å². The van der Waals surface area contributed by atoms with Gasteiger partial charge in [0.25, 0.3) is 0 Å². The van der Waals surface area contributed by atoms with Crippen molar-refractivity contribution in [1.82, 2.24) is 10.2 Å². The van der Waals surface area contributed by atoms with Gasteiger partial charge < -0.3 is 5.32 Å². The zero-order chi connectivity index (χ0) is 14.8. The van der Waals surface area contributed by atoms with E-state index in [1.54, 1.807) is 0 Å². The van der Waals surface area contributed by atoms with Crippen LogP contribution in [0.5, 0.6) is 0 Å². The Morgan fingerprint density at radius 3 is 2.57 bits per heavy atom. The lowest BCUT2D eigenvalue weighted by molar-refractivity contribution is 0.0170. The Morgan fingerprint density at radius 2 is 1.90 bits per heavy atom. The van der Waals surface area contributed by atoms with Crippen LogP contribution >= 0.6 is 11.8 Å². The highest BCUT2D eigenvalue weighted by atomic mass is 32.2. The van der Waals surface area contributed by atoms with E-state index in [0.29, 0.717) is 5.54 Å². The van der Waals surface area contributed by atoms with E-state index in [0.717, 1.165) is 13.1 Å². The van der Waals surface area contributed by atoms with Gasteiger partial charge in [0, 0.05) is 30.9 Å². The maximum Gasteiger partial charge on any atom is 0.0535 e. The predicted octanol–water partition coefficient (Wildman–Crippen LogP) is 3.48. The number of thioether (sulfide) groups is 1. The van der Waals surface area contributed by atoms with Crippen LogP contribution in [-0.2, 0) is 5.54 Å². The molecule has 2 nitrogen and oxygen atoms in total. The van der Waals surface area contributed by atoms with Gasteiger partial charge in [0.1, 0.15) is 0 Å². The van der Waals surface area contributed by atoms with Gasteiger partial charge in [-0.2, -0.15) is 11.8 Å². The summed E-state index contributed by atoms with van der Waals surface area (Å²) in [6.45, 7) is 5.88. The van der Waals surface area contributed by atoms with Crippen LogP contribution in [0.15, 0.2) is 30.3 Å². The maximum absolute atomic E-state index is 3.90. The summed E-state index contributed by atoms with van der Waals surface area (Å²) in [5.74, 6) is 1.24. The molecule has 116 valence electrons. The first kappa shape index (κ1) is 15.4. The summed E-state index contributed by atoms with van der Waals surface area (Å²) in [6, 6.07) is 11.0. The number of benzene rings is 1. The van der Waals surface area contributed by atoms with Crippen LogP contribution in [0.3, 0.4) is 0 Å². The lowest BCUT2D eigenvalue weighted by Gasteiger charge is -2.52. The summed E-state index contributed by atoms with van der Waals surface area (Å²) in [4.78, 5) is 2.81. The van der Waals surface area contributed by atoms with E-state index >= 15 is 0 Å². The summed E-state index contributed by atoms with van der Waals surface area (Å²) in [5.41, 5.74) is 1.95. The molecule has 1 saturated carbocycles. The first-order valence-corrected chi connectivity index (χ1v) is 9.63. The van der Waals surface area contributed by atoms with Crippen LogP contribution in [0.2, 0.25) is 0 Å². The Morgan fingerprint density at radius 1 is 1.19 bits per heavy atom. The molecule has 3 rings (SSSR count). The highest BCUT2D eigenvalue weighted by molar-refractivity contribution is 7.98. The van der Waals surface area contributed by atoms with Gasteiger partial charge in [0.15, 0.2) is 0 Å². The SMILES string of the molecule is CSCCN1CC(C)(c2ccccc2)NCC12CCCC2. The molecule has 1 heterocycles. The number of nitrogens with zero attached hydrogens (tertiary/aromatic N) is 1. The van der Waals surface area contributed by atoms with Crippen molar-refractivity contribution in [3.8, 4) is 0 Å². The van der Waals surface area contributed by atoms with Crippen LogP contribution < -0.4 is 5.32 Å². The second-order valence-corrected chi connectivity index (χ2v) is 7.88. The van der Waals surface area contributed by atoms with E-state index in [1.807, 2.05) is 11.8 Å². The average Bonchev–Trinajstić information content (AvgIpc) is 2.99. The summed E-state index contributed by atoms with van der Waals surface area (Å²) in [7, 11) is 0. The summed E-state index contributed by atoms with van der Waals surface area (Å²) in [6.07, 6.45) is 7.78. The van der Waals surface area contributed by atoms with Crippen LogP contribution in [0, 0.1) is 0 Å². The molecule has 3 heteroatoms. The molecule has 0 amide bonds. The molecule has 1 aliphatic carbocycles. The Labute approximate surface area is 133 Å². The first-order chi connectivity index (χ1) is 10.2. The third-order valence-electron chi connectivity index (χ3n) is 5.50. The lowest BCUT2D eigenvalue weighted by atomic mass is 9.82. The zero-order valence-corrected chi connectivity index (χ0v) is 14.2. The van der Waals surface area contributed by atoms with Gasteiger partial charge in [-0.05, 0) is 31.6 Å². The van der Waals surface area contributed by atoms with Crippen molar-refractivity contribution in [2.45, 2.75) is 43.7 Å². The van der Waals surface area contributed by atoms with E-state index < -0.39 is 0 Å². The molecule has 2 fully saturated rings. The van der Waals surface area contributed by atoms with Gasteiger partial charge in [-0.15, -0.1) is 0 Å². The van der Waals surface area contributed by atoms with Crippen molar-refractivity contribution >= 4 is 11.8 Å². The van der Waals surface area contributed by atoms with Crippen molar-refractivity contribution in [2.24, 2.45) is 0 Å². The molecule has 1 N–H and O–H groups in total. The number of rotatable bonds is 4. The second-order valence-electron chi connectivity index (χ2n) is 6.90. The van der Waals surface area contributed by atoms with Crippen molar-refractivity contribution in [1.29, 1.82) is 0 Å². The van der Waals surface area contributed by atoms with E-state index in [-0.39, 0.29) is 5.54 Å². The molecular weight excluding hydrogens is 276 g/mol. The predicted molar refractivity (Wildman–Crippen MR) is 93.0 cm³/mol. The molecule has 21 heavy (non-hydrogen) atoms. The molecule has 0 radical (unpaired) electrons. The second kappa shape index (κ2) is 6.31. The maximum atomic E-state index is 3.90. The lowest BCUT2D eigenvalue weighted by Crippen LogP contribution is -2.67. The topological polar surface area (TPSA) is 15.3 Å². The van der Waals surface area contributed by atoms with Crippen LogP contribution in [0.25, 0.3) is 0 Å². The Bertz CT molecular complexity index is 456. The third-order valence-corrected chi connectivity index (χ3v) is 6.09. The van der Waals surface area contributed by atoms with Crippen molar-refractivity contribution in [2.75, 3.05) is 31.6 Å². The summed E-state index contributed by atoms with van der Waals surface area (Å²) in [5, 5.41) is 3.90. The fourth-order valence-corrected chi connectivity index (χ4v) is 4.52. The highest BCUT2D eigenvalue weighted by Gasteiger charge is 2.47. The number of nitrogens with one attached hydrogen (secondary N) is 1. The largest absolute Gasteiger partial charge is 0.305 e. The smallest absolute Gasteiger partial charge is 0.0535 e. The number of hydrogen-bond acceptors (Lipinski definition) is 3. The Hall–Kier alpha value is -0.510. The molecule has 2 aliphatic rings. The minimum atomic E-state index is 0.0908. The molecule has 1 saturated heterocycles. The molecule has 1 spiro atoms. The monoisotopic (exact) mass is 304 g/mol. The van der Waals surface area contributed by atoms with Gasteiger partial charge in [0.2, 0.25) is 0 Å². The van der Waals surface area contributed by atoms with Gasteiger partial charge >= 0.3 is 0 Å². The molecular formula is C18H28N2S. The van der Waals surface area contributed by atoms with Crippen LogP contribution in [0.4, 0.5) is 0 Å². The molecule has 1 atom stereocenters. The Kier molecular flexibility index (Phi) is 4.63. The van der Waals surface area contributed by atoms with Crippen LogP contribution in [-0.4, -0.2) is 42.1 Å². The molecule has 1 aromatic rings. The fraction of sp³-hybridized carbons (Fsp3) is 0.667. The number of piperazine rings is 1. The van der Waals surface area contributed by atoms with Gasteiger partial charge in [0.05, 0.1) is 5.54 Å².